The van der Waals surface area contributed by atoms with E-state index >= 15 is 0 Å². The van der Waals surface area contributed by atoms with E-state index in [0.717, 1.165) is 19.3 Å². The molecule has 1 aliphatic heterocycles. The van der Waals surface area contributed by atoms with E-state index in [1.54, 1.807) is 4.90 Å². The molecule has 0 radical (unpaired) electrons. The Labute approximate surface area is 147 Å². The molecular weight excluding hydrogens is 330 g/mol. The predicted octanol–water partition coefficient (Wildman–Crippen LogP) is 0.577. The molecule has 0 aromatic carbocycles. The standard InChI is InChI=1S/C16H25N3O4S/c1-10(2)5-8-23-13(20)9-12-15(22)17-6-7-19(12)16(24)18-14(21)11-3-4-11/h10-12H,3-9H2,1-2H3,(H,17,22)(H,18,21,24). The highest BCUT2D eigenvalue weighted by molar-refractivity contribution is 7.80. The smallest absolute Gasteiger partial charge is 0.308 e. The van der Waals surface area contributed by atoms with Gasteiger partial charge in [0.05, 0.1) is 13.0 Å². The van der Waals surface area contributed by atoms with Crippen LogP contribution in [0.5, 0.6) is 0 Å². The second-order valence-electron chi connectivity index (χ2n) is 6.68. The molecule has 1 unspecified atom stereocenters. The molecule has 8 heteroatoms. The SMILES string of the molecule is CC(C)CCOC(=O)CC1C(=O)NCCN1C(=S)NC(=O)C1CC1. The number of amides is 2. The van der Waals surface area contributed by atoms with Crippen molar-refractivity contribution in [3.63, 3.8) is 0 Å². The van der Waals surface area contributed by atoms with Gasteiger partial charge in [0.1, 0.15) is 6.04 Å². The first-order valence-corrected chi connectivity index (χ1v) is 8.84. The Bertz CT molecular complexity index is 519. The molecule has 2 rings (SSSR count). The molecule has 1 atom stereocenters. The van der Waals surface area contributed by atoms with E-state index < -0.39 is 12.0 Å². The molecule has 2 amide bonds. The topological polar surface area (TPSA) is 87.7 Å². The van der Waals surface area contributed by atoms with Crippen molar-refractivity contribution in [2.45, 2.75) is 45.6 Å². The first kappa shape index (κ1) is 18.6. The molecule has 0 aromatic rings. The average Bonchev–Trinajstić information content (AvgIpc) is 3.33. The maximum Gasteiger partial charge on any atom is 0.308 e. The fourth-order valence-electron chi connectivity index (χ4n) is 2.41. The molecule has 0 spiro atoms. The maximum absolute atomic E-state index is 12.1. The Morgan fingerprint density at radius 3 is 2.75 bits per heavy atom. The van der Waals surface area contributed by atoms with Gasteiger partial charge < -0.3 is 20.3 Å². The highest BCUT2D eigenvalue weighted by Gasteiger charge is 2.36. The molecule has 1 aliphatic carbocycles. The van der Waals surface area contributed by atoms with Crippen LogP contribution in [0, 0.1) is 11.8 Å². The molecule has 2 fully saturated rings. The van der Waals surface area contributed by atoms with Crippen molar-refractivity contribution < 1.29 is 19.1 Å². The number of ether oxygens (including phenoxy) is 1. The van der Waals surface area contributed by atoms with Crippen LogP contribution in [0.4, 0.5) is 0 Å². The van der Waals surface area contributed by atoms with E-state index in [0.29, 0.717) is 25.6 Å². The van der Waals surface area contributed by atoms with E-state index in [1.807, 2.05) is 13.8 Å². The quantitative estimate of drug-likeness (QED) is 0.535. The fraction of sp³-hybridized carbons (Fsp3) is 0.750. The van der Waals surface area contributed by atoms with Crippen LogP contribution in [0.15, 0.2) is 0 Å². The van der Waals surface area contributed by atoms with Crippen molar-refractivity contribution in [3.8, 4) is 0 Å². The van der Waals surface area contributed by atoms with Gasteiger partial charge in [-0.1, -0.05) is 13.8 Å². The van der Waals surface area contributed by atoms with Gasteiger partial charge in [-0.2, -0.15) is 0 Å². The second-order valence-corrected chi connectivity index (χ2v) is 7.06. The van der Waals surface area contributed by atoms with Gasteiger partial charge in [-0.25, -0.2) is 0 Å². The molecule has 134 valence electrons. The van der Waals surface area contributed by atoms with Crippen LogP contribution in [0.1, 0.15) is 39.5 Å². The number of carbonyl (C=O) groups is 3. The first-order chi connectivity index (χ1) is 11.4. The molecule has 1 heterocycles. The van der Waals surface area contributed by atoms with Crippen LogP contribution in [-0.2, 0) is 19.1 Å². The fourth-order valence-corrected chi connectivity index (χ4v) is 2.73. The van der Waals surface area contributed by atoms with Crippen LogP contribution >= 0.6 is 12.2 Å². The lowest BCUT2D eigenvalue weighted by atomic mass is 10.1. The number of hydrogen-bond donors (Lipinski definition) is 2. The third kappa shape index (κ3) is 5.43. The van der Waals surface area contributed by atoms with Crippen LogP contribution in [0.2, 0.25) is 0 Å². The first-order valence-electron chi connectivity index (χ1n) is 8.43. The molecule has 24 heavy (non-hydrogen) atoms. The van der Waals surface area contributed by atoms with E-state index in [9.17, 15) is 14.4 Å². The third-order valence-corrected chi connectivity index (χ3v) is 4.42. The van der Waals surface area contributed by atoms with E-state index in [2.05, 4.69) is 10.6 Å². The van der Waals surface area contributed by atoms with Gasteiger partial charge in [0, 0.05) is 19.0 Å². The molecule has 1 saturated heterocycles. The lowest BCUT2D eigenvalue weighted by molar-refractivity contribution is -0.147. The minimum Gasteiger partial charge on any atom is -0.466 e. The molecule has 1 saturated carbocycles. The lowest BCUT2D eigenvalue weighted by Gasteiger charge is -2.36. The predicted molar refractivity (Wildman–Crippen MR) is 92.0 cm³/mol. The van der Waals surface area contributed by atoms with Gasteiger partial charge in [0.25, 0.3) is 0 Å². The largest absolute Gasteiger partial charge is 0.466 e. The van der Waals surface area contributed by atoms with Gasteiger partial charge in [-0.3, -0.25) is 14.4 Å². The summed E-state index contributed by atoms with van der Waals surface area (Å²) in [5.74, 6) is -0.341. The highest BCUT2D eigenvalue weighted by Crippen LogP contribution is 2.28. The highest BCUT2D eigenvalue weighted by atomic mass is 32.1. The molecule has 0 aromatic heterocycles. The van der Waals surface area contributed by atoms with Crippen LogP contribution < -0.4 is 10.6 Å². The average molecular weight is 355 g/mol. The van der Waals surface area contributed by atoms with Crippen molar-refractivity contribution in [3.05, 3.63) is 0 Å². The van der Waals surface area contributed by atoms with E-state index in [-0.39, 0.29) is 29.3 Å². The number of nitrogens with one attached hydrogen (secondary N) is 2. The minimum atomic E-state index is -0.739. The van der Waals surface area contributed by atoms with Crippen molar-refractivity contribution >= 4 is 35.1 Å². The summed E-state index contributed by atoms with van der Waals surface area (Å²) < 4.78 is 5.19. The number of piperazine rings is 1. The summed E-state index contributed by atoms with van der Waals surface area (Å²) in [6, 6.07) is -0.739. The van der Waals surface area contributed by atoms with Crippen LogP contribution in [0.3, 0.4) is 0 Å². The second kappa shape index (κ2) is 8.41. The Morgan fingerprint density at radius 1 is 1.42 bits per heavy atom. The lowest BCUT2D eigenvalue weighted by Crippen LogP contribution is -2.60. The third-order valence-electron chi connectivity index (χ3n) is 4.09. The van der Waals surface area contributed by atoms with Crippen molar-refractivity contribution in [2.24, 2.45) is 11.8 Å². The molecule has 2 N–H and O–H groups in total. The van der Waals surface area contributed by atoms with Gasteiger partial charge in [0.15, 0.2) is 5.11 Å². The number of thiocarbonyl (C=S) groups is 1. The number of rotatable bonds is 6. The summed E-state index contributed by atoms with van der Waals surface area (Å²) in [4.78, 5) is 37.6. The maximum atomic E-state index is 12.1. The van der Waals surface area contributed by atoms with Gasteiger partial charge in [-0.15, -0.1) is 0 Å². The van der Waals surface area contributed by atoms with Crippen molar-refractivity contribution in [1.29, 1.82) is 0 Å². The summed E-state index contributed by atoms with van der Waals surface area (Å²) in [5.41, 5.74) is 0. The summed E-state index contributed by atoms with van der Waals surface area (Å²) in [5, 5.41) is 5.61. The summed E-state index contributed by atoms with van der Waals surface area (Å²) in [7, 11) is 0. The number of esters is 1. The zero-order chi connectivity index (χ0) is 17.7. The Kier molecular flexibility index (Phi) is 6.53. The van der Waals surface area contributed by atoms with Crippen LogP contribution in [0.25, 0.3) is 0 Å². The van der Waals surface area contributed by atoms with Crippen LogP contribution in [-0.4, -0.2) is 53.5 Å². The Morgan fingerprint density at radius 2 is 2.12 bits per heavy atom. The molecule has 0 bridgehead atoms. The molecule has 2 aliphatic rings. The number of hydrogen-bond acceptors (Lipinski definition) is 5. The number of carbonyl (C=O) groups excluding carboxylic acids is 3. The Hall–Kier alpha value is -1.70. The summed E-state index contributed by atoms with van der Waals surface area (Å²) in [6.07, 6.45) is 2.45. The number of nitrogens with zero attached hydrogens (tertiary/aromatic N) is 1. The minimum absolute atomic E-state index is 0.0287. The van der Waals surface area contributed by atoms with Crippen molar-refractivity contribution in [1.82, 2.24) is 15.5 Å². The van der Waals surface area contributed by atoms with Gasteiger partial charge in [0.2, 0.25) is 11.8 Å². The normalized spacial score (nSPS) is 20.5. The zero-order valence-corrected chi connectivity index (χ0v) is 15.0. The Balaban J connectivity index is 1.89. The summed E-state index contributed by atoms with van der Waals surface area (Å²) in [6.45, 7) is 5.32. The zero-order valence-electron chi connectivity index (χ0n) is 14.2. The van der Waals surface area contributed by atoms with Gasteiger partial charge >= 0.3 is 5.97 Å². The van der Waals surface area contributed by atoms with Gasteiger partial charge in [-0.05, 0) is 37.4 Å². The van der Waals surface area contributed by atoms with E-state index in [4.69, 9.17) is 17.0 Å². The molecule has 7 nitrogen and oxygen atoms in total. The monoisotopic (exact) mass is 355 g/mol. The van der Waals surface area contributed by atoms with E-state index in [1.165, 1.54) is 0 Å². The molecular formula is C16H25N3O4S. The van der Waals surface area contributed by atoms with Crippen molar-refractivity contribution in [2.75, 3.05) is 19.7 Å². The summed E-state index contributed by atoms with van der Waals surface area (Å²) >= 11 is 5.26.